The van der Waals surface area contributed by atoms with Crippen molar-refractivity contribution in [3.8, 4) is 0 Å². The lowest BCUT2D eigenvalue weighted by molar-refractivity contribution is 0.0933. The van der Waals surface area contributed by atoms with Crippen LogP contribution in [0.25, 0.3) is 0 Å². The second-order valence-electron chi connectivity index (χ2n) is 5.11. The molecule has 0 aliphatic rings. The molecule has 0 saturated heterocycles. The Labute approximate surface area is 118 Å². The zero-order valence-corrected chi connectivity index (χ0v) is 11.8. The Balaban J connectivity index is 2.73. The van der Waals surface area contributed by atoms with Gasteiger partial charge in [-0.05, 0) is 30.5 Å². The van der Waals surface area contributed by atoms with E-state index in [2.05, 4.69) is 24.5 Å². The summed E-state index contributed by atoms with van der Waals surface area (Å²) in [7, 11) is 0. The van der Waals surface area contributed by atoms with Crippen LogP contribution in [0.1, 0.15) is 30.6 Å². The highest BCUT2D eigenvalue weighted by Gasteiger charge is 2.14. The van der Waals surface area contributed by atoms with E-state index in [0.717, 1.165) is 6.42 Å². The van der Waals surface area contributed by atoms with Crippen molar-refractivity contribution in [1.82, 2.24) is 5.32 Å². The van der Waals surface area contributed by atoms with Crippen molar-refractivity contribution >= 4 is 17.6 Å². The summed E-state index contributed by atoms with van der Waals surface area (Å²) >= 11 is 0. The van der Waals surface area contributed by atoms with Gasteiger partial charge in [-0.2, -0.15) is 0 Å². The highest BCUT2D eigenvalue weighted by Crippen LogP contribution is 2.11. The molecule has 1 aromatic carbocycles. The number of nitrogens with two attached hydrogens (primary N) is 2. The lowest BCUT2D eigenvalue weighted by atomic mass is 10.0. The molecule has 0 heterocycles. The molecular weight excluding hydrogens is 256 g/mol. The van der Waals surface area contributed by atoms with Gasteiger partial charge in [-0.15, -0.1) is 0 Å². The van der Waals surface area contributed by atoms with Crippen molar-refractivity contribution in [2.45, 2.75) is 26.3 Å². The molecule has 0 radical (unpaired) electrons. The second-order valence-corrected chi connectivity index (χ2v) is 5.11. The smallest absolute Gasteiger partial charge is 0.316 e. The summed E-state index contributed by atoms with van der Waals surface area (Å²) in [6.07, 6.45) is 0.821. The van der Waals surface area contributed by atoms with Gasteiger partial charge in [0, 0.05) is 23.8 Å². The molecule has 110 valence electrons. The van der Waals surface area contributed by atoms with E-state index < -0.39 is 6.03 Å². The van der Waals surface area contributed by atoms with Crippen molar-refractivity contribution in [3.63, 3.8) is 0 Å². The summed E-state index contributed by atoms with van der Waals surface area (Å²) in [5, 5.41) is 5.32. The Hall–Kier alpha value is -2.08. The van der Waals surface area contributed by atoms with Crippen LogP contribution < -0.4 is 22.1 Å². The van der Waals surface area contributed by atoms with Crippen LogP contribution in [-0.2, 0) is 0 Å². The Morgan fingerprint density at radius 3 is 2.55 bits per heavy atom. The highest BCUT2D eigenvalue weighted by molar-refractivity contribution is 5.96. The van der Waals surface area contributed by atoms with E-state index in [1.165, 1.54) is 0 Å². The number of carbonyl (C=O) groups is 2. The molecule has 3 amide bonds. The molecule has 1 unspecified atom stereocenters. The van der Waals surface area contributed by atoms with Crippen LogP contribution in [0.4, 0.5) is 10.5 Å². The monoisotopic (exact) mass is 278 g/mol. The van der Waals surface area contributed by atoms with Crippen molar-refractivity contribution < 1.29 is 9.59 Å². The van der Waals surface area contributed by atoms with E-state index in [-0.39, 0.29) is 11.9 Å². The van der Waals surface area contributed by atoms with E-state index in [4.69, 9.17) is 11.5 Å². The van der Waals surface area contributed by atoms with E-state index in [0.29, 0.717) is 23.7 Å². The highest BCUT2D eigenvalue weighted by atomic mass is 16.2. The number of anilines is 1. The van der Waals surface area contributed by atoms with Crippen LogP contribution in [-0.4, -0.2) is 24.5 Å². The fourth-order valence-corrected chi connectivity index (χ4v) is 1.93. The Bertz CT molecular complexity index is 474. The summed E-state index contributed by atoms with van der Waals surface area (Å²) in [6, 6.07) is 5.86. The Morgan fingerprint density at radius 1 is 1.30 bits per heavy atom. The van der Waals surface area contributed by atoms with Gasteiger partial charge < -0.3 is 22.1 Å². The van der Waals surface area contributed by atoms with Gasteiger partial charge in [0.15, 0.2) is 0 Å². The topological polar surface area (TPSA) is 110 Å². The molecule has 0 spiro atoms. The molecular formula is C14H22N4O2. The minimum atomic E-state index is -0.665. The quantitative estimate of drug-likeness (QED) is 0.629. The normalized spacial score (nSPS) is 12.0. The number of urea groups is 1. The van der Waals surface area contributed by atoms with Crippen LogP contribution in [0.15, 0.2) is 24.3 Å². The fourth-order valence-electron chi connectivity index (χ4n) is 1.93. The number of nitrogens with one attached hydrogen (secondary N) is 2. The third-order valence-electron chi connectivity index (χ3n) is 2.77. The average molecular weight is 278 g/mol. The minimum absolute atomic E-state index is 0.0599. The number of amides is 3. The minimum Gasteiger partial charge on any atom is -0.351 e. The van der Waals surface area contributed by atoms with Crippen molar-refractivity contribution in [3.05, 3.63) is 29.8 Å². The van der Waals surface area contributed by atoms with Crippen molar-refractivity contribution in [1.29, 1.82) is 0 Å². The molecule has 1 aromatic rings. The summed E-state index contributed by atoms with van der Waals surface area (Å²) in [5.41, 5.74) is 11.6. The molecule has 6 nitrogen and oxygen atoms in total. The molecule has 0 bridgehead atoms. The van der Waals surface area contributed by atoms with E-state index in [9.17, 15) is 9.59 Å². The molecule has 6 heteroatoms. The van der Waals surface area contributed by atoms with Crippen molar-refractivity contribution in [2.75, 3.05) is 11.9 Å². The Kier molecular flexibility index (Phi) is 5.99. The van der Waals surface area contributed by atoms with Crippen LogP contribution in [0.3, 0.4) is 0 Å². The van der Waals surface area contributed by atoms with E-state index >= 15 is 0 Å². The molecule has 0 saturated carbocycles. The fraction of sp³-hybridized carbons (Fsp3) is 0.429. The van der Waals surface area contributed by atoms with Crippen LogP contribution in [0.5, 0.6) is 0 Å². The number of hydrogen-bond donors (Lipinski definition) is 4. The lowest BCUT2D eigenvalue weighted by Crippen LogP contribution is -2.41. The predicted molar refractivity (Wildman–Crippen MR) is 79.4 cm³/mol. The van der Waals surface area contributed by atoms with Gasteiger partial charge >= 0.3 is 6.03 Å². The van der Waals surface area contributed by atoms with E-state index in [1.54, 1.807) is 24.3 Å². The molecule has 0 fully saturated rings. The molecule has 0 aromatic heterocycles. The zero-order valence-electron chi connectivity index (χ0n) is 11.8. The maximum Gasteiger partial charge on any atom is 0.316 e. The van der Waals surface area contributed by atoms with Gasteiger partial charge in [0.25, 0.3) is 5.91 Å². The van der Waals surface area contributed by atoms with Crippen LogP contribution in [0.2, 0.25) is 0 Å². The SMILES string of the molecule is CC(C)CC(CN)NC(=O)c1cccc(NC(N)=O)c1. The maximum atomic E-state index is 12.1. The summed E-state index contributed by atoms with van der Waals surface area (Å²) in [4.78, 5) is 22.9. The van der Waals surface area contributed by atoms with Crippen LogP contribution in [0, 0.1) is 5.92 Å². The van der Waals surface area contributed by atoms with Gasteiger partial charge in [0.1, 0.15) is 0 Å². The molecule has 6 N–H and O–H groups in total. The van der Waals surface area contributed by atoms with Crippen molar-refractivity contribution in [2.24, 2.45) is 17.4 Å². The number of benzene rings is 1. The van der Waals surface area contributed by atoms with Gasteiger partial charge in [-0.1, -0.05) is 19.9 Å². The van der Waals surface area contributed by atoms with Crippen LogP contribution >= 0.6 is 0 Å². The number of hydrogen-bond acceptors (Lipinski definition) is 3. The summed E-state index contributed by atoms with van der Waals surface area (Å²) in [6.45, 7) is 4.54. The first-order valence-electron chi connectivity index (χ1n) is 6.59. The molecule has 1 atom stereocenters. The third kappa shape index (κ3) is 5.27. The second kappa shape index (κ2) is 7.49. The first kappa shape index (κ1) is 16.0. The third-order valence-corrected chi connectivity index (χ3v) is 2.77. The molecule has 0 aliphatic carbocycles. The van der Waals surface area contributed by atoms with Gasteiger partial charge in [-0.3, -0.25) is 4.79 Å². The first-order chi connectivity index (χ1) is 9.42. The van der Waals surface area contributed by atoms with Gasteiger partial charge in [0.05, 0.1) is 0 Å². The average Bonchev–Trinajstić information content (AvgIpc) is 2.36. The maximum absolute atomic E-state index is 12.1. The number of primary amides is 1. The standard InChI is InChI=1S/C14H22N4O2/c1-9(2)6-12(8-15)17-13(19)10-4-3-5-11(7-10)18-14(16)20/h3-5,7,9,12H,6,8,15H2,1-2H3,(H,17,19)(H3,16,18,20). The Morgan fingerprint density at radius 2 is 2.00 bits per heavy atom. The number of rotatable bonds is 6. The lowest BCUT2D eigenvalue weighted by Gasteiger charge is -2.19. The zero-order chi connectivity index (χ0) is 15.1. The molecule has 0 aliphatic heterocycles. The predicted octanol–water partition coefficient (Wildman–Crippen LogP) is 1.28. The molecule has 1 rings (SSSR count). The number of carbonyl (C=O) groups excluding carboxylic acids is 2. The molecule has 20 heavy (non-hydrogen) atoms. The summed E-state index contributed by atoms with van der Waals surface area (Å²) < 4.78 is 0. The van der Waals surface area contributed by atoms with Gasteiger partial charge in [-0.25, -0.2) is 4.79 Å². The largest absolute Gasteiger partial charge is 0.351 e. The first-order valence-corrected chi connectivity index (χ1v) is 6.59. The van der Waals surface area contributed by atoms with Gasteiger partial charge in [0.2, 0.25) is 0 Å². The van der Waals surface area contributed by atoms with E-state index in [1.807, 2.05) is 0 Å². The summed E-state index contributed by atoms with van der Waals surface area (Å²) in [5.74, 6) is 0.237.